The number of carbonyl (C=O) groups is 2. The molecule has 1 aromatic heterocycles. The number of carbonyl (C=O) groups excluding carboxylic acids is 2. The lowest BCUT2D eigenvalue weighted by Crippen LogP contribution is -2.42. The maximum atomic E-state index is 12.6. The molecule has 1 aliphatic rings. The van der Waals surface area contributed by atoms with Crippen LogP contribution in [0.15, 0.2) is 9.59 Å². The SMILES string of the molecule is CCCCn1c(N)c(N(CC)C(=O)COC(=O)CC2CCCC2)c(=O)[nH]c1=O. The molecule has 156 valence electrons. The molecule has 0 unspecified atom stereocenters. The molecule has 9 heteroatoms. The first-order chi connectivity index (χ1) is 13.4. The Hall–Kier alpha value is -2.58. The second kappa shape index (κ2) is 10.1. The lowest BCUT2D eigenvalue weighted by molar-refractivity contribution is -0.148. The molecule has 1 aliphatic carbocycles. The van der Waals surface area contributed by atoms with Gasteiger partial charge in [0.1, 0.15) is 5.82 Å². The molecule has 0 radical (unpaired) electrons. The van der Waals surface area contributed by atoms with E-state index in [2.05, 4.69) is 4.98 Å². The maximum absolute atomic E-state index is 12.6. The van der Waals surface area contributed by atoms with E-state index in [-0.39, 0.29) is 18.1 Å². The molecule has 1 fully saturated rings. The van der Waals surface area contributed by atoms with E-state index in [4.69, 9.17) is 10.5 Å². The predicted molar refractivity (Wildman–Crippen MR) is 106 cm³/mol. The van der Waals surface area contributed by atoms with Crippen LogP contribution in [-0.2, 0) is 20.9 Å². The highest BCUT2D eigenvalue weighted by atomic mass is 16.5. The van der Waals surface area contributed by atoms with E-state index in [1.165, 1.54) is 4.57 Å². The molecule has 28 heavy (non-hydrogen) atoms. The molecule has 0 aliphatic heterocycles. The van der Waals surface area contributed by atoms with Crippen LogP contribution in [0, 0.1) is 5.92 Å². The lowest BCUT2D eigenvalue weighted by atomic mass is 10.0. The van der Waals surface area contributed by atoms with Gasteiger partial charge in [-0.25, -0.2) is 4.79 Å². The van der Waals surface area contributed by atoms with Gasteiger partial charge in [-0.1, -0.05) is 26.2 Å². The molecule has 9 nitrogen and oxygen atoms in total. The number of nitrogen functional groups attached to an aromatic ring is 1. The summed E-state index contributed by atoms with van der Waals surface area (Å²) < 4.78 is 6.37. The first kappa shape index (κ1) is 21.7. The zero-order valence-corrected chi connectivity index (χ0v) is 16.7. The van der Waals surface area contributed by atoms with E-state index in [0.717, 1.165) is 37.0 Å². The molecule has 0 bridgehead atoms. The average molecular weight is 394 g/mol. The molecule has 3 N–H and O–H groups in total. The number of nitrogens with zero attached hydrogens (tertiary/aromatic N) is 2. The fraction of sp³-hybridized carbons (Fsp3) is 0.684. The molecule has 1 heterocycles. The highest BCUT2D eigenvalue weighted by molar-refractivity contribution is 5.97. The van der Waals surface area contributed by atoms with Gasteiger partial charge in [-0.05, 0) is 32.1 Å². The second-order valence-electron chi connectivity index (χ2n) is 7.15. The van der Waals surface area contributed by atoms with Crippen LogP contribution < -0.4 is 21.9 Å². The van der Waals surface area contributed by atoms with Crippen molar-refractivity contribution < 1.29 is 14.3 Å². The number of nitrogens with two attached hydrogens (primary N) is 1. The van der Waals surface area contributed by atoms with Crippen LogP contribution in [0.4, 0.5) is 11.5 Å². The monoisotopic (exact) mass is 394 g/mol. The molecule has 0 atom stereocenters. The predicted octanol–water partition coefficient (Wildman–Crippen LogP) is 1.40. The quantitative estimate of drug-likeness (QED) is 0.609. The number of H-pyrrole nitrogens is 1. The number of ether oxygens (including phenoxy) is 1. The smallest absolute Gasteiger partial charge is 0.330 e. The summed E-state index contributed by atoms with van der Waals surface area (Å²) in [6.45, 7) is 3.67. The number of anilines is 2. The number of likely N-dealkylation sites (N-methyl/N-ethyl adjacent to an activating group) is 1. The Labute approximate surface area is 163 Å². The third-order valence-electron chi connectivity index (χ3n) is 5.12. The Morgan fingerprint density at radius 3 is 2.54 bits per heavy atom. The van der Waals surface area contributed by atoms with Crippen LogP contribution in [0.2, 0.25) is 0 Å². The Morgan fingerprint density at radius 1 is 1.25 bits per heavy atom. The maximum Gasteiger partial charge on any atom is 0.330 e. The van der Waals surface area contributed by atoms with E-state index in [0.29, 0.717) is 25.3 Å². The molecule has 0 saturated heterocycles. The van der Waals surface area contributed by atoms with E-state index in [1.807, 2.05) is 6.92 Å². The Balaban J connectivity index is 2.12. The highest BCUT2D eigenvalue weighted by Gasteiger charge is 2.25. The molecule has 1 aromatic rings. The van der Waals surface area contributed by atoms with Gasteiger partial charge in [0.25, 0.3) is 11.5 Å². The molecule has 1 saturated carbocycles. The summed E-state index contributed by atoms with van der Waals surface area (Å²) in [4.78, 5) is 52.3. The number of amides is 1. The van der Waals surface area contributed by atoms with Crippen molar-refractivity contribution >= 4 is 23.4 Å². The number of rotatable bonds is 9. The zero-order chi connectivity index (χ0) is 20.7. The first-order valence-corrected chi connectivity index (χ1v) is 9.97. The normalized spacial score (nSPS) is 14.2. The van der Waals surface area contributed by atoms with Crippen molar-refractivity contribution in [1.29, 1.82) is 0 Å². The van der Waals surface area contributed by atoms with Gasteiger partial charge in [0.15, 0.2) is 12.3 Å². The Bertz CT molecular complexity index is 808. The summed E-state index contributed by atoms with van der Waals surface area (Å²) in [5, 5.41) is 0. The Morgan fingerprint density at radius 2 is 1.93 bits per heavy atom. The van der Waals surface area contributed by atoms with Crippen LogP contribution in [0.3, 0.4) is 0 Å². The van der Waals surface area contributed by atoms with Gasteiger partial charge < -0.3 is 15.4 Å². The number of aromatic amines is 1. The average Bonchev–Trinajstić information content (AvgIpc) is 3.15. The fourth-order valence-electron chi connectivity index (χ4n) is 3.56. The standard InChI is InChI=1S/C19H30N4O5/c1-3-5-10-23-17(20)16(18(26)21-19(23)27)22(4-2)14(24)12-28-15(25)11-13-8-6-7-9-13/h13H,3-12,20H2,1-2H3,(H,21,26,27). The molecule has 1 amide bonds. The van der Waals surface area contributed by atoms with Gasteiger partial charge in [-0.2, -0.15) is 0 Å². The minimum atomic E-state index is -0.734. The number of hydrogen-bond acceptors (Lipinski definition) is 6. The minimum Gasteiger partial charge on any atom is -0.456 e. The van der Waals surface area contributed by atoms with Crippen LogP contribution in [0.1, 0.15) is 58.8 Å². The zero-order valence-electron chi connectivity index (χ0n) is 16.7. The van der Waals surface area contributed by atoms with Crippen molar-refractivity contribution in [3.05, 3.63) is 20.8 Å². The molecular weight excluding hydrogens is 364 g/mol. The fourth-order valence-corrected chi connectivity index (χ4v) is 3.56. The van der Waals surface area contributed by atoms with Crippen molar-refractivity contribution in [1.82, 2.24) is 9.55 Å². The van der Waals surface area contributed by atoms with E-state index >= 15 is 0 Å². The van der Waals surface area contributed by atoms with Gasteiger partial charge in [0.05, 0.1) is 0 Å². The number of nitrogens with one attached hydrogen (secondary N) is 1. The van der Waals surface area contributed by atoms with Crippen LogP contribution in [0.25, 0.3) is 0 Å². The van der Waals surface area contributed by atoms with Gasteiger partial charge in [-0.15, -0.1) is 0 Å². The van der Waals surface area contributed by atoms with Crippen LogP contribution in [-0.4, -0.2) is 34.6 Å². The first-order valence-electron chi connectivity index (χ1n) is 9.97. The van der Waals surface area contributed by atoms with Crippen LogP contribution >= 0.6 is 0 Å². The van der Waals surface area contributed by atoms with Crippen molar-refractivity contribution in [2.45, 2.75) is 65.3 Å². The summed E-state index contributed by atoms with van der Waals surface area (Å²) in [5.74, 6) is -0.702. The van der Waals surface area contributed by atoms with Gasteiger partial charge >= 0.3 is 11.7 Å². The van der Waals surface area contributed by atoms with Crippen molar-refractivity contribution in [2.75, 3.05) is 23.8 Å². The van der Waals surface area contributed by atoms with Crippen molar-refractivity contribution in [3.8, 4) is 0 Å². The summed E-state index contributed by atoms with van der Waals surface area (Å²) in [6.07, 6.45) is 6.11. The van der Waals surface area contributed by atoms with E-state index < -0.39 is 29.7 Å². The molecule has 0 aromatic carbocycles. The van der Waals surface area contributed by atoms with Gasteiger partial charge in [0, 0.05) is 19.5 Å². The minimum absolute atomic E-state index is 0.0605. The highest BCUT2D eigenvalue weighted by Crippen LogP contribution is 2.27. The number of esters is 1. The van der Waals surface area contributed by atoms with Crippen LogP contribution in [0.5, 0.6) is 0 Å². The van der Waals surface area contributed by atoms with E-state index in [1.54, 1.807) is 6.92 Å². The molecule has 2 rings (SSSR count). The number of unbranched alkanes of at least 4 members (excludes halogenated alkanes) is 1. The summed E-state index contributed by atoms with van der Waals surface area (Å²) >= 11 is 0. The number of aromatic nitrogens is 2. The number of hydrogen-bond donors (Lipinski definition) is 2. The summed E-state index contributed by atoms with van der Waals surface area (Å²) in [6, 6.07) is 0. The van der Waals surface area contributed by atoms with Crippen molar-refractivity contribution in [3.63, 3.8) is 0 Å². The third-order valence-corrected chi connectivity index (χ3v) is 5.12. The van der Waals surface area contributed by atoms with Gasteiger partial charge in [0.2, 0.25) is 0 Å². The molecule has 0 spiro atoms. The lowest BCUT2D eigenvalue weighted by Gasteiger charge is -2.23. The van der Waals surface area contributed by atoms with E-state index in [9.17, 15) is 19.2 Å². The topological polar surface area (TPSA) is 127 Å². The van der Waals surface area contributed by atoms with Crippen molar-refractivity contribution in [2.24, 2.45) is 5.92 Å². The largest absolute Gasteiger partial charge is 0.456 e. The third kappa shape index (κ3) is 5.24. The summed E-state index contributed by atoms with van der Waals surface area (Å²) in [5.41, 5.74) is 4.62. The Kier molecular flexibility index (Phi) is 7.83. The summed E-state index contributed by atoms with van der Waals surface area (Å²) in [7, 11) is 0. The molecular formula is C19H30N4O5. The second-order valence-corrected chi connectivity index (χ2v) is 7.15. The van der Waals surface area contributed by atoms with Gasteiger partial charge in [-0.3, -0.25) is 23.9 Å².